The summed E-state index contributed by atoms with van der Waals surface area (Å²) in [5.41, 5.74) is -0.252. The van der Waals surface area contributed by atoms with Gasteiger partial charge in [-0.1, -0.05) is 40.5 Å². The molecule has 7 rings (SSSR count). The number of amides is 2. The normalized spacial score (nSPS) is 31.5. The average molecular weight is 813 g/mol. The van der Waals surface area contributed by atoms with E-state index in [0.29, 0.717) is 47.6 Å². The van der Waals surface area contributed by atoms with E-state index in [9.17, 15) is 32.0 Å². The van der Waals surface area contributed by atoms with Crippen molar-refractivity contribution in [2.24, 2.45) is 34.5 Å². The Balaban J connectivity index is 1.24. The Morgan fingerprint density at radius 1 is 1.07 bits per heavy atom. The van der Waals surface area contributed by atoms with Crippen LogP contribution in [0, 0.1) is 34.5 Å². The molecule has 1 saturated heterocycles. The zero-order valence-corrected chi connectivity index (χ0v) is 34.8. The molecule has 3 aliphatic carbocycles. The van der Waals surface area contributed by atoms with Crippen LogP contribution in [0.2, 0.25) is 0 Å². The fraction of sp³-hybridized carbons (Fsp3) is 0.714. The minimum atomic E-state index is -4.03. The van der Waals surface area contributed by atoms with Crippen LogP contribution in [0.1, 0.15) is 111 Å². The molecule has 1 aromatic carbocycles. The van der Waals surface area contributed by atoms with Gasteiger partial charge in [-0.05, 0) is 87.7 Å². The minimum Gasteiger partial charge on any atom is -0.497 e. The molecule has 0 radical (unpaired) electrons. The van der Waals surface area contributed by atoms with Gasteiger partial charge in [0.15, 0.2) is 5.78 Å². The lowest BCUT2D eigenvalue weighted by Crippen LogP contribution is -2.50. The summed E-state index contributed by atoms with van der Waals surface area (Å²) in [6.07, 6.45) is 4.52. The lowest BCUT2D eigenvalue weighted by Gasteiger charge is -2.35. The first-order valence-corrected chi connectivity index (χ1v) is 22.0. The molecule has 3 heterocycles. The fourth-order valence-electron chi connectivity index (χ4n) is 8.95. The smallest absolute Gasteiger partial charge is 0.306 e. The van der Waals surface area contributed by atoms with Gasteiger partial charge in [0, 0.05) is 18.4 Å². The maximum atomic E-state index is 14.9. The van der Waals surface area contributed by atoms with E-state index in [0.717, 1.165) is 32.1 Å². The number of methoxy groups -OCH3 is 1. The van der Waals surface area contributed by atoms with Crippen LogP contribution in [-0.2, 0) is 40.4 Å². The van der Waals surface area contributed by atoms with Gasteiger partial charge in [0.25, 0.3) is 0 Å². The van der Waals surface area contributed by atoms with Gasteiger partial charge in [0.1, 0.15) is 23.7 Å². The van der Waals surface area contributed by atoms with Crippen molar-refractivity contribution in [1.82, 2.24) is 19.6 Å². The van der Waals surface area contributed by atoms with Crippen molar-refractivity contribution >= 4 is 44.6 Å². The third-order valence-corrected chi connectivity index (χ3v) is 15.5. The van der Waals surface area contributed by atoms with Gasteiger partial charge in [0.2, 0.25) is 27.7 Å². The SMILES string of the molecule is COc1ccc2nc3c(nc2c1)O[C@H]1CN(C(=O)[C@H](C(C)(C)C)CC(=O)O[C@@H]2C[C@H]2CCCCC3)[C@H](C(=O)C[C@]2(C(=O)NS(=O)(=O)C3(C)CC3)C[C@H]2CCF)[C@@H]1C. The Kier molecular flexibility index (Phi) is 11.1. The Labute approximate surface area is 334 Å². The average Bonchev–Trinajstić information content (AvgIpc) is 4.10. The number of halogens is 1. The molecule has 0 spiro atoms. The zero-order chi connectivity index (χ0) is 41.1. The van der Waals surface area contributed by atoms with Gasteiger partial charge >= 0.3 is 5.97 Å². The molecule has 4 fully saturated rings. The molecule has 57 heavy (non-hydrogen) atoms. The molecule has 3 saturated carbocycles. The molecule has 5 aliphatic rings. The highest BCUT2D eigenvalue weighted by Gasteiger charge is 2.64. The number of aryl methyl sites for hydroxylation is 1. The molecule has 2 amide bonds. The Hall–Kier alpha value is -3.88. The van der Waals surface area contributed by atoms with Crippen LogP contribution >= 0.6 is 0 Å². The van der Waals surface area contributed by atoms with Gasteiger partial charge < -0.3 is 19.1 Å². The molecule has 1 N–H and O–H groups in total. The van der Waals surface area contributed by atoms with Crippen molar-refractivity contribution in [2.75, 3.05) is 20.3 Å². The van der Waals surface area contributed by atoms with Gasteiger partial charge in [-0.15, -0.1) is 0 Å². The van der Waals surface area contributed by atoms with Crippen LogP contribution in [0.3, 0.4) is 0 Å². The summed E-state index contributed by atoms with van der Waals surface area (Å²) >= 11 is 0. The minimum absolute atomic E-state index is 0.00310. The molecule has 2 aromatic rings. The van der Waals surface area contributed by atoms with Crippen molar-refractivity contribution in [3.8, 4) is 11.6 Å². The molecule has 2 aliphatic heterocycles. The van der Waals surface area contributed by atoms with Gasteiger partial charge in [-0.25, -0.2) is 18.4 Å². The van der Waals surface area contributed by atoms with E-state index in [1.165, 1.54) is 4.90 Å². The van der Waals surface area contributed by atoms with Crippen molar-refractivity contribution < 1.29 is 46.2 Å². The van der Waals surface area contributed by atoms with E-state index >= 15 is 0 Å². The van der Waals surface area contributed by atoms with Crippen LogP contribution in [0.4, 0.5) is 4.39 Å². The second-order valence-corrected chi connectivity index (χ2v) is 20.8. The van der Waals surface area contributed by atoms with Crippen LogP contribution in [0.5, 0.6) is 11.6 Å². The summed E-state index contributed by atoms with van der Waals surface area (Å²) in [6.45, 7) is 8.24. The third-order valence-electron chi connectivity index (χ3n) is 13.4. The number of ketones is 1. The molecular formula is C42H57FN4O9S. The number of hydrogen-bond donors (Lipinski definition) is 1. The quantitative estimate of drug-likeness (QED) is 0.310. The Bertz CT molecular complexity index is 2030. The number of alkyl halides is 1. The lowest BCUT2D eigenvalue weighted by molar-refractivity contribution is -0.154. The number of aromatic nitrogens is 2. The largest absolute Gasteiger partial charge is 0.497 e. The van der Waals surface area contributed by atoms with E-state index in [4.69, 9.17) is 24.2 Å². The molecule has 8 atom stereocenters. The van der Waals surface area contributed by atoms with E-state index in [-0.39, 0.29) is 44.2 Å². The van der Waals surface area contributed by atoms with Crippen LogP contribution in [0.15, 0.2) is 18.2 Å². The maximum Gasteiger partial charge on any atom is 0.306 e. The molecule has 1 aromatic heterocycles. The second kappa shape index (κ2) is 15.4. The van der Waals surface area contributed by atoms with Crippen molar-refractivity contribution in [3.05, 3.63) is 23.9 Å². The number of benzene rings is 1. The Morgan fingerprint density at radius 2 is 1.82 bits per heavy atom. The summed E-state index contributed by atoms with van der Waals surface area (Å²) < 4.78 is 59.3. The molecule has 2 bridgehead atoms. The van der Waals surface area contributed by atoms with Crippen LogP contribution in [-0.4, -0.2) is 90.2 Å². The zero-order valence-electron chi connectivity index (χ0n) is 34.0. The van der Waals surface area contributed by atoms with Gasteiger partial charge in [-0.3, -0.25) is 28.3 Å². The van der Waals surface area contributed by atoms with E-state index in [1.807, 2.05) is 39.8 Å². The van der Waals surface area contributed by atoms with Crippen LogP contribution < -0.4 is 14.2 Å². The summed E-state index contributed by atoms with van der Waals surface area (Å²) in [5.74, 6) is -2.98. The monoisotopic (exact) mass is 812 g/mol. The van der Waals surface area contributed by atoms with Crippen molar-refractivity contribution in [2.45, 2.75) is 135 Å². The van der Waals surface area contributed by atoms with Crippen molar-refractivity contribution in [1.29, 1.82) is 0 Å². The van der Waals surface area contributed by atoms with Crippen molar-refractivity contribution in [3.63, 3.8) is 0 Å². The number of ether oxygens (including phenoxy) is 3. The molecular weight excluding hydrogens is 756 g/mol. The second-order valence-electron chi connectivity index (χ2n) is 18.6. The highest BCUT2D eigenvalue weighted by molar-refractivity contribution is 7.91. The summed E-state index contributed by atoms with van der Waals surface area (Å²) in [5, 5.41) is 0. The number of sulfonamides is 1. The third kappa shape index (κ3) is 8.36. The number of hydrogen-bond acceptors (Lipinski definition) is 11. The van der Waals surface area contributed by atoms with Gasteiger partial charge in [-0.2, -0.15) is 0 Å². The fourth-order valence-corrected chi connectivity index (χ4v) is 10.3. The molecule has 13 nitrogen and oxygen atoms in total. The van der Waals surface area contributed by atoms with E-state index < -0.39 is 85.7 Å². The predicted octanol–water partition coefficient (Wildman–Crippen LogP) is 5.66. The topological polar surface area (TPSA) is 171 Å². The number of nitrogens with one attached hydrogen (secondary N) is 1. The maximum absolute atomic E-state index is 14.9. The Morgan fingerprint density at radius 3 is 2.51 bits per heavy atom. The number of nitrogens with zero attached hydrogens (tertiary/aromatic N) is 3. The predicted molar refractivity (Wildman–Crippen MR) is 208 cm³/mol. The number of carbonyl (C=O) groups excluding carboxylic acids is 4. The number of carbonyl (C=O) groups is 4. The highest BCUT2D eigenvalue weighted by atomic mass is 32.2. The standard InChI is InChI=1S/C42H57FN4O9S/c1-24-34-23-47(36(24)32(48)22-42(21-26(42)14-17-43)39(51)46-57(52,53)41(5)15-16-41)38(50)28(40(2,3)4)20-35(49)55-33-18-25(33)10-8-7-9-11-30-37(56-34)45-31-19-27(54-6)12-13-29(31)44-30/h12-13,19,24-26,28,33-34,36H,7-11,14-18,20-23H2,1-6H3,(H,46,51)/t24-,25-,26-,28-,33-,34+,36+,42-/m1/s1. The first kappa shape index (κ1) is 41.3. The first-order valence-electron chi connectivity index (χ1n) is 20.6. The number of esters is 1. The van der Waals surface area contributed by atoms with Gasteiger partial charge in [0.05, 0.1) is 59.9 Å². The molecule has 15 heteroatoms. The number of rotatable bonds is 9. The highest BCUT2D eigenvalue weighted by Crippen LogP contribution is 2.58. The van der Waals surface area contributed by atoms with E-state index in [2.05, 4.69) is 4.72 Å². The molecule has 312 valence electrons. The summed E-state index contributed by atoms with van der Waals surface area (Å²) in [4.78, 5) is 68.3. The first-order chi connectivity index (χ1) is 26.9. The summed E-state index contributed by atoms with van der Waals surface area (Å²) in [6, 6.07) is 4.34. The lowest BCUT2D eigenvalue weighted by atomic mass is 9.77. The van der Waals surface area contributed by atoms with E-state index in [1.54, 1.807) is 20.1 Å². The molecule has 0 unspecified atom stereocenters. The number of Topliss-reactive ketones (excluding diaryl/α,β-unsaturated/α-hetero) is 1. The number of fused-ring (bicyclic) bond motifs is 5. The summed E-state index contributed by atoms with van der Waals surface area (Å²) in [7, 11) is -2.46. The van der Waals surface area contributed by atoms with Crippen LogP contribution in [0.25, 0.3) is 11.0 Å².